The van der Waals surface area contributed by atoms with E-state index in [1.807, 2.05) is 0 Å². The Labute approximate surface area is 145 Å². The van der Waals surface area contributed by atoms with E-state index in [4.69, 9.17) is 0 Å². The minimum absolute atomic E-state index is 0.243. The van der Waals surface area contributed by atoms with Gasteiger partial charge in [-0.2, -0.15) is 9.78 Å². The molecular formula is C19H15FN2O2S. The average Bonchev–Trinajstić information content (AvgIpc) is 2.99. The molecule has 0 fully saturated rings. The highest BCUT2D eigenvalue weighted by Gasteiger charge is 2.14. The van der Waals surface area contributed by atoms with Crippen LogP contribution in [0, 0.1) is 17.8 Å². The van der Waals surface area contributed by atoms with Gasteiger partial charge in [0, 0.05) is 29.6 Å². The molecule has 0 radical (unpaired) electrons. The van der Waals surface area contributed by atoms with Crippen molar-refractivity contribution in [3.63, 3.8) is 0 Å². The number of sulfone groups is 1. The van der Waals surface area contributed by atoms with Gasteiger partial charge in [0.25, 0.3) is 0 Å². The summed E-state index contributed by atoms with van der Waals surface area (Å²) >= 11 is 0. The second-order valence-corrected chi connectivity index (χ2v) is 7.52. The van der Waals surface area contributed by atoms with Crippen molar-refractivity contribution in [3.05, 3.63) is 60.5 Å². The number of aromatic nitrogens is 2. The molecule has 2 aromatic carbocycles. The molecule has 4 nitrogen and oxygen atoms in total. The van der Waals surface area contributed by atoms with Crippen LogP contribution in [0.1, 0.15) is 6.92 Å². The zero-order valence-corrected chi connectivity index (χ0v) is 14.5. The van der Waals surface area contributed by atoms with Crippen LogP contribution in [0.15, 0.2) is 59.6 Å². The molecule has 1 aromatic heterocycles. The van der Waals surface area contributed by atoms with E-state index >= 15 is 0 Å². The molecule has 0 aliphatic rings. The lowest BCUT2D eigenvalue weighted by atomic mass is 10.0. The second kappa shape index (κ2) is 6.54. The average molecular weight is 354 g/mol. The summed E-state index contributed by atoms with van der Waals surface area (Å²) in [5, 5.41) is 4.46. The summed E-state index contributed by atoms with van der Waals surface area (Å²) in [5.41, 5.74) is 2.99. The van der Waals surface area contributed by atoms with Gasteiger partial charge in [-0.05, 0) is 36.8 Å². The molecule has 0 bridgehead atoms. The number of halogens is 1. The largest absolute Gasteiger partial charge is 0.224 e. The molecule has 0 amide bonds. The van der Waals surface area contributed by atoms with E-state index in [2.05, 4.69) is 17.1 Å². The Balaban J connectivity index is 2.14. The normalized spacial score (nSPS) is 11.0. The van der Waals surface area contributed by atoms with Crippen LogP contribution in [0.2, 0.25) is 0 Å². The molecule has 126 valence electrons. The van der Waals surface area contributed by atoms with Gasteiger partial charge in [0.05, 0.1) is 4.90 Å². The van der Waals surface area contributed by atoms with Crippen molar-refractivity contribution in [2.75, 3.05) is 6.26 Å². The first-order valence-electron chi connectivity index (χ1n) is 7.47. The van der Waals surface area contributed by atoms with Crippen molar-refractivity contribution in [2.24, 2.45) is 0 Å². The molecule has 0 aliphatic carbocycles. The van der Waals surface area contributed by atoms with Crippen LogP contribution >= 0.6 is 0 Å². The predicted molar refractivity (Wildman–Crippen MR) is 95.0 cm³/mol. The minimum Gasteiger partial charge on any atom is -0.224 e. The van der Waals surface area contributed by atoms with Crippen LogP contribution in [0.5, 0.6) is 0 Å². The molecule has 0 saturated heterocycles. The van der Waals surface area contributed by atoms with Crippen molar-refractivity contribution in [1.82, 2.24) is 9.78 Å². The van der Waals surface area contributed by atoms with E-state index in [0.717, 1.165) is 22.9 Å². The van der Waals surface area contributed by atoms with Gasteiger partial charge in [-0.15, -0.1) is 0 Å². The van der Waals surface area contributed by atoms with Crippen molar-refractivity contribution in [1.29, 1.82) is 0 Å². The number of nitrogens with zero attached hydrogens (tertiary/aromatic N) is 2. The summed E-state index contributed by atoms with van der Waals surface area (Å²) in [4.78, 5) is 0.243. The Kier molecular flexibility index (Phi) is 4.43. The molecule has 3 rings (SSSR count). The molecule has 0 N–H and O–H groups in total. The summed E-state index contributed by atoms with van der Waals surface area (Å²) in [6.07, 6.45) is 2.93. The van der Waals surface area contributed by atoms with E-state index in [0.29, 0.717) is 5.69 Å². The first-order chi connectivity index (χ1) is 11.9. The highest BCUT2D eigenvalue weighted by atomic mass is 32.2. The van der Waals surface area contributed by atoms with Crippen molar-refractivity contribution >= 4 is 9.84 Å². The molecule has 1 heterocycles. The van der Waals surface area contributed by atoms with E-state index in [1.165, 1.54) is 16.8 Å². The van der Waals surface area contributed by atoms with Gasteiger partial charge in [0.15, 0.2) is 9.84 Å². The Morgan fingerprint density at radius 1 is 1.00 bits per heavy atom. The zero-order chi connectivity index (χ0) is 18.0. The lowest BCUT2D eigenvalue weighted by molar-refractivity contribution is 0.602. The molecule has 0 saturated carbocycles. The number of benzene rings is 2. The molecule has 25 heavy (non-hydrogen) atoms. The Morgan fingerprint density at radius 3 is 2.16 bits per heavy atom. The van der Waals surface area contributed by atoms with E-state index in [9.17, 15) is 12.8 Å². The van der Waals surface area contributed by atoms with Gasteiger partial charge in [-0.1, -0.05) is 30.2 Å². The monoisotopic (exact) mass is 354 g/mol. The maximum atomic E-state index is 13.2. The summed E-state index contributed by atoms with van der Waals surface area (Å²) in [6, 6.07) is 15.4. The fourth-order valence-corrected chi connectivity index (χ4v) is 3.09. The van der Waals surface area contributed by atoms with Crippen molar-refractivity contribution < 1.29 is 12.8 Å². The third-order valence-electron chi connectivity index (χ3n) is 3.65. The number of rotatable bonds is 3. The third kappa shape index (κ3) is 3.62. The lowest BCUT2D eigenvalue weighted by Crippen LogP contribution is -1.96. The number of hydrogen-bond acceptors (Lipinski definition) is 3. The first kappa shape index (κ1) is 16.9. The van der Waals surface area contributed by atoms with Crippen LogP contribution in [0.4, 0.5) is 4.39 Å². The molecule has 0 spiro atoms. The molecule has 3 aromatic rings. The summed E-state index contributed by atoms with van der Waals surface area (Å²) in [7, 11) is -3.26. The Morgan fingerprint density at radius 2 is 1.60 bits per heavy atom. The highest BCUT2D eigenvalue weighted by Crippen LogP contribution is 2.31. The predicted octanol–water partition coefficient (Wildman–Crippen LogP) is 3.59. The third-order valence-corrected chi connectivity index (χ3v) is 4.78. The van der Waals surface area contributed by atoms with Gasteiger partial charge >= 0.3 is 0 Å². The van der Waals surface area contributed by atoms with Crippen LogP contribution < -0.4 is 0 Å². The maximum Gasteiger partial charge on any atom is 0.175 e. The van der Waals surface area contributed by atoms with Gasteiger partial charge in [-0.3, -0.25) is 0 Å². The van der Waals surface area contributed by atoms with Crippen LogP contribution in [-0.4, -0.2) is 24.5 Å². The van der Waals surface area contributed by atoms with E-state index in [-0.39, 0.29) is 10.7 Å². The number of hydrogen-bond donors (Lipinski definition) is 0. The SMILES string of the molecule is CC#Cn1cc(-c2ccc(F)cc2)c(-c2ccc(S(C)(=O)=O)cc2)n1. The van der Waals surface area contributed by atoms with Crippen molar-refractivity contribution in [2.45, 2.75) is 11.8 Å². The van der Waals surface area contributed by atoms with Crippen molar-refractivity contribution in [3.8, 4) is 34.3 Å². The van der Waals surface area contributed by atoms with Crippen LogP contribution in [0.25, 0.3) is 22.4 Å². The topological polar surface area (TPSA) is 52.0 Å². The van der Waals surface area contributed by atoms with Gasteiger partial charge in [0.2, 0.25) is 0 Å². The van der Waals surface area contributed by atoms with Gasteiger partial charge < -0.3 is 0 Å². The standard InChI is InChI=1S/C19H15FN2O2S/c1-3-12-22-13-18(14-4-8-16(20)9-5-14)19(21-22)15-6-10-17(11-7-15)25(2,23)24/h4-11,13H,1-2H3. The molecule has 6 heteroatoms. The molecule has 0 atom stereocenters. The fraction of sp³-hybridized carbons (Fsp3) is 0.105. The Hall–Kier alpha value is -2.91. The Bertz CT molecular complexity index is 1070. The first-order valence-corrected chi connectivity index (χ1v) is 9.36. The van der Waals surface area contributed by atoms with E-state index < -0.39 is 9.84 Å². The van der Waals surface area contributed by atoms with Gasteiger partial charge in [0.1, 0.15) is 11.5 Å². The summed E-state index contributed by atoms with van der Waals surface area (Å²) in [6.45, 7) is 1.71. The molecule has 0 aliphatic heterocycles. The second-order valence-electron chi connectivity index (χ2n) is 5.50. The van der Waals surface area contributed by atoms with Gasteiger partial charge in [-0.25, -0.2) is 12.8 Å². The maximum absolute atomic E-state index is 13.2. The molecular weight excluding hydrogens is 339 g/mol. The lowest BCUT2D eigenvalue weighted by Gasteiger charge is -2.04. The van der Waals surface area contributed by atoms with Crippen LogP contribution in [-0.2, 0) is 9.84 Å². The summed E-state index contributed by atoms with van der Waals surface area (Å²) in [5.74, 6) is 2.46. The highest BCUT2D eigenvalue weighted by molar-refractivity contribution is 7.90. The van der Waals surface area contributed by atoms with Crippen LogP contribution in [0.3, 0.4) is 0 Å². The smallest absolute Gasteiger partial charge is 0.175 e. The quantitative estimate of drug-likeness (QED) is 0.676. The fourth-order valence-electron chi connectivity index (χ4n) is 2.46. The minimum atomic E-state index is -3.26. The molecule has 0 unspecified atom stereocenters. The zero-order valence-electron chi connectivity index (χ0n) is 13.7. The summed E-state index contributed by atoms with van der Waals surface area (Å²) < 4.78 is 37.9. The van der Waals surface area contributed by atoms with E-state index in [1.54, 1.807) is 49.5 Å².